The van der Waals surface area contributed by atoms with Gasteiger partial charge in [-0.1, -0.05) is 26.2 Å². The van der Waals surface area contributed by atoms with E-state index >= 15 is 0 Å². The largest absolute Gasteiger partial charge is 0.329 e. The van der Waals surface area contributed by atoms with Crippen molar-refractivity contribution in [3.63, 3.8) is 0 Å². The van der Waals surface area contributed by atoms with Crippen LogP contribution >= 0.6 is 0 Å². The molecule has 17 heavy (non-hydrogen) atoms. The topological polar surface area (TPSA) is 29.3 Å². The van der Waals surface area contributed by atoms with Gasteiger partial charge in [-0.05, 0) is 57.5 Å². The van der Waals surface area contributed by atoms with Crippen LogP contribution < -0.4 is 5.73 Å². The lowest BCUT2D eigenvalue weighted by Gasteiger charge is -2.50. The van der Waals surface area contributed by atoms with Gasteiger partial charge in [-0.25, -0.2) is 0 Å². The van der Waals surface area contributed by atoms with Crippen molar-refractivity contribution >= 4 is 0 Å². The highest BCUT2D eigenvalue weighted by atomic mass is 15.2. The van der Waals surface area contributed by atoms with E-state index in [1.54, 1.807) is 0 Å². The third kappa shape index (κ3) is 2.68. The Hall–Kier alpha value is -0.0800. The molecule has 2 heteroatoms. The molecule has 0 radical (unpaired) electrons. The maximum Gasteiger partial charge on any atom is 0.0300 e. The summed E-state index contributed by atoms with van der Waals surface area (Å²) in [5, 5.41) is 0. The van der Waals surface area contributed by atoms with Crippen molar-refractivity contribution in [2.75, 3.05) is 19.6 Å². The lowest BCUT2D eigenvalue weighted by molar-refractivity contribution is 0.00964. The lowest BCUT2D eigenvalue weighted by Crippen LogP contribution is -2.55. The van der Waals surface area contributed by atoms with Gasteiger partial charge in [0.1, 0.15) is 0 Å². The van der Waals surface area contributed by atoms with Crippen LogP contribution in [0.3, 0.4) is 0 Å². The first-order valence-corrected chi connectivity index (χ1v) is 7.59. The molecule has 1 unspecified atom stereocenters. The van der Waals surface area contributed by atoms with Crippen LogP contribution in [0.2, 0.25) is 0 Å². The molecule has 2 N–H and O–H groups in total. The van der Waals surface area contributed by atoms with E-state index in [2.05, 4.69) is 18.7 Å². The van der Waals surface area contributed by atoms with Crippen molar-refractivity contribution in [1.82, 2.24) is 4.90 Å². The van der Waals surface area contributed by atoms with Gasteiger partial charge in [-0.2, -0.15) is 0 Å². The lowest BCUT2D eigenvalue weighted by atomic mass is 9.67. The summed E-state index contributed by atoms with van der Waals surface area (Å²) in [4.78, 5) is 2.66. The predicted molar refractivity (Wildman–Crippen MR) is 74.1 cm³/mol. The smallest absolute Gasteiger partial charge is 0.0300 e. The average molecular weight is 238 g/mol. The van der Waals surface area contributed by atoms with E-state index in [0.29, 0.717) is 0 Å². The van der Waals surface area contributed by atoms with Gasteiger partial charge in [0.25, 0.3) is 0 Å². The van der Waals surface area contributed by atoms with Gasteiger partial charge in [0.2, 0.25) is 0 Å². The first-order valence-electron chi connectivity index (χ1n) is 7.59. The molecule has 100 valence electrons. The minimum absolute atomic E-state index is 0.246. The van der Waals surface area contributed by atoms with E-state index in [1.807, 2.05) is 0 Å². The van der Waals surface area contributed by atoms with Crippen molar-refractivity contribution in [3.05, 3.63) is 0 Å². The molecule has 2 nitrogen and oxygen atoms in total. The molecule has 1 heterocycles. The highest BCUT2D eigenvalue weighted by Crippen LogP contribution is 2.45. The van der Waals surface area contributed by atoms with Crippen LogP contribution in [-0.2, 0) is 0 Å². The minimum atomic E-state index is 0.246. The van der Waals surface area contributed by atoms with Gasteiger partial charge < -0.3 is 5.73 Å². The van der Waals surface area contributed by atoms with E-state index in [0.717, 1.165) is 12.0 Å². The van der Waals surface area contributed by atoms with E-state index in [4.69, 9.17) is 5.73 Å². The normalized spacial score (nSPS) is 29.1. The standard InChI is InChI=1S/C15H30N2/c1-3-14(2,13-16)17-11-9-15(10-12-17)7-5-4-6-8-15/h3-13,16H2,1-2H3. The first kappa shape index (κ1) is 13.4. The van der Waals surface area contributed by atoms with Gasteiger partial charge in [-0.3, -0.25) is 4.90 Å². The first-order chi connectivity index (χ1) is 8.14. The summed E-state index contributed by atoms with van der Waals surface area (Å²) in [5.74, 6) is 0. The van der Waals surface area contributed by atoms with Crippen molar-refractivity contribution < 1.29 is 0 Å². The van der Waals surface area contributed by atoms with Gasteiger partial charge in [0, 0.05) is 12.1 Å². The third-order valence-corrected chi connectivity index (χ3v) is 5.70. The summed E-state index contributed by atoms with van der Waals surface area (Å²) in [6.45, 7) is 7.98. The van der Waals surface area contributed by atoms with Crippen LogP contribution in [-0.4, -0.2) is 30.1 Å². The Morgan fingerprint density at radius 1 is 1.06 bits per heavy atom. The molecule has 0 bridgehead atoms. The Labute approximate surface area is 107 Å². The molecule has 0 aromatic carbocycles. The van der Waals surface area contributed by atoms with Crippen LogP contribution in [0.5, 0.6) is 0 Å². The zero-order valence-electron chi connectivity index (χ0n) is 11.8. The van der Waals surface area contributed by atoms with Gasteiger partial charge in [0.15, 0.2) is 0 Å². The molecule has 0 aromatic rings. The summed E-state index contributed by atoms with van der Waals surface area (Å²) in [6, 6.07) is 0. The fourth-order valence-corrected chi connectivity index (χ4v) is 3.82. The number of piperidine rings is 1. The van der Waals surface area contributed by atoms with Crippen LogP contribution in [0.1, 0.15) is 65.2 Å². The van der Waals surface area contributed by atoms with Crippen LogP contribution in [0.15, 0.2) is 0 Å². The number of nitrogens with two attached hydrogens (primary N) is 1. The highest BCUT2D eigenvalue weighted by Gasteiger charge is 2.39. The van der Waals surface area contributed by atoms with E-state index in [-0.39, 0.29) is 5.54 Å². The summed E-state index contributed by atoms with van der Waals surface area (Å²) < 4.78 is 0. The average Bonchev–Trinajstić information content (AvgIpc) is 2.40. The number of rotatable bonds is 3. The predicted octanol–water partition coefficient (Wildman–Crippen LogP) is 3.16. The summed E-state index contributed by atoms with van der Waals surface area (Å²) in [5.41, 5.74) is 6.94. The highest BCUT2D eigenvalue weighted by molar-refractivity contribution is 4.94. The molecule has 0 aromatic heterocycles. The van der Waals surface area contributed by atoms with E-state index < -0.39 is 0 Å². The molecule has 0 amide bonds. The fraction of sp³-hybridized carbons (Fsp3) is 1.00. The fourth-order valence-electron chi connectivity index (χ4n) is 3.82. The van der Waals surface area contributed by atoms with Gasteiger partial charge >= 0.3 is 0 Å². The Bertz CT molecular complexity index is 229. The molecule has 2 fully saturated rings. The minimum Gasteiger partial charge on any atom is -0.329 e. The van der Waals surface area contributed by atoms with Gasteiger partial charge in [-0.15, -0.1) is 0 Å². The molecule has 1 spiro atoms. The molecule has 1 atom stereocenters. The SMILES string of the molecule is CCC(C)(CN)N1CCC2(CCCCC2)CC1. The van der Waals surface area contributed by atoms with Crippen molar-refractivity contribution in [2.24, 2.45) is 11.1 Å². The third-order valence-electron chi connectivity index (χ3n) is 5.70. The number of likely N-dealkylation sites (tertiary alicyclic amines) is 1. The molecule has 1 aliphatic carbocycles. The Balaban J connectivity index is 1.93. The Morgan fingerprint density at radius 2 is 1.65 bits per heavy atom. The Morgan fingerprint density at radius 3 is 2.12 bits per heavy atom. The van der Waals surface area contributed by atoms with E-state index in [9.17, 15) is 0 Å². The monoisotopic (exact) mass is 238 g/mol. The molecule has 1 saturated carbocycles. The van der Waals surface area contributed by atoms with Crippen molar-refractivity contribution in [2.45, 2.75) is 70.8 Å². The quantitative estimate of drug-likeness (QED) is 0.818. The Kier molecular flexibility index (Phi) is 4.14. The second kappa shape index (κ2) is 5.27. The van der Waals surface area contributed by atoms with Crippen LogP contribution in [0, 0.1) is 5.41 Å². The van der Waals surface area contributed by atoms with Crippen LogP contribution in [0.4, 0.5) is 0 Å². The second-order valence-corrected chi connectivity index (χ2v) is 6.60. The van der Waals surface area contributed by atoms with Crippen molar-refractivity contribution in [1.29, 1.82) is 0 Å². The molecule has 1 aliphatic heterocycles. The number of nitrogens with zero attached hydrogens (tertiary/aromatic N) is 1. The van der Waals surface area contributed by atoms with Gasteiger partial charge in [0.05, 0.1) is 0 Å². The zero-order chi connectivity index (χ0) is 12.4. The second-order valence-electron chi connectivity index (χ2n) is 6.60. The molecule has 2 aliphatic rings. The summed E-state index contributed by atoms with van der Waals surface area (Å²) >= 11 is 0. The van der Waals surface area contributed by atoms with Crippen molar-refractivity contribution in [3.8, 4) is 0 Å². The molecular formula is C15H30N2. The summed E-state index contributed by atoms with van der Waals surface area (Å²) in [7, 11) is 0. The molecule has 2 rings (SSSR count). The number of hydrogen-bond acceptors (Lipinski definition) is 2. The maximum absolute atomic E-state index is 5.98. The maximum atomic E-state index is 5.98. The molecule has 1 saturated heterocycles. The van der Waals surface area contributed by atoms with E-state index in [1.165, 1.54) is 64.5 Å². The van der Waals surface area contributed by atoms with Crippen LogP contribution in [0.25, 0.3) is 0 Å². The number of hydrogen-bond donors (Lipinski definition) is 1. The zero-order valence-corrected chi connectivity index (χ0v) is 11.8. The molecular weight excluding hydrogens is 208 g/mol. The summed E-state index contributed by atoms with van der Waals surface area (Å²) in [6.07, 6.45) is 11.4.